The molecule has 42 heavy (non-hydrogen) atoms. The van der Waals surface area contributed by atoms with Crippen LogP contribution in [0.1, 0.15) is 38.8 Å². The van der Waals surface area contributed by atoms with E-state index >= 15 is 0 Å². The van der Waals surface area contributed by atoms with Crippen molar-refractivity contribution >= 4 is 27.5 Å². The van der Waals surface area contributed by atoms with Crippen LogP contribution in [0.2, 0.25) is 0 Å². The van der Waals surface area contributed by atoms with Crippen LogP contribution < -0.4 is 19.1 Å². The molecule has 0 radical (unpaired) electrons. The Balaban J connectivity index is 1.72. The minimum Gasteiger partial charge on any atom is -0.486 e. The lowest BCUT2D eigenvalue weighted by Crippen LogP contribution is -2.54. The quantitative estimate of drug-likeness (QED) is 0.391. The molecule has 4 rings (SSSR count). The topological polar surface area (TPSA) is 105 Å². The number of hydrogen-bond acceptors (Lipinski definition) is 6. The maximum absolute atomic E-state index is 14.0. The molecular formula is C31H36FN3O6S. The summed E-state index contributed by atoms with van der Waals surface area (Å²) in [5, 5.41) is 2.89. The summed E-state index contributed by atoms with van der Waals surface area (Å²) in [7, 11) is -4.35. The van der Waals surface area contributed by atoms with Gasteiger partial charge in [-0.05, 0) is 76.6 Å². The van der Waals surface area contributed by atoms with Crippen molar-refractivity contribution in [3.8, 4) is 11.5 Å². The molecule has 0 spiro atoms. The fourth-order valence-electron chi connectivity index (χ4n) is 4.39. The molecule has 3 aromatic rings. The van der Waals surface area contributed by atoms with E-state index in [0.29, 0.717) is 12.4 Å². The highest BCUT2D eigenvalue weighted by molar-refractivity contribution is 7.92. The third kappa shape index (κ3) is 7.39. The van der Waals surface area contributed by atoms with Crippen molar-refractivity contribution in [2.75, 3.05) is 24.1 Å². The van der Waals surface area contributed by atoms with Crippen molar-refractivity contribution < 1.29 is 31.9 Å². The molecule has 0 aliphatic carbocycles. The van der Waals surface area contributed by atoms with Crippen molar-refractivity contribution in [1.82, 2.24) is 10.2 Å². The van der Waals surface area contributed by atoms with Gasteiger partial charge in [0.05, 0.1) is 10.6 Å². The first-order chi connectivity index (χ1) is 19.7. The third-order valence-corrected chi connectivity index (χ3v) is 8.40. The number of sulfonamides is 1. The van der Waals surface area contributed by atoms with Crippen molar-refractivity contribution in [3.05, 3.63) is 83.7 Å². The molecule has 224 valence electrons. The van der Waals surface area contributed by atoms with E-state index in [0.717, 1.165) is 27.6 Å². The summed E-state index contributed by atoms with van der Waals surface area (Å²) in [5.74, 6) is -0.882. The van der Waals surface area contributed by atoms with E-state index in [1.807, 2.05) is 52.0 Å². The number of anilines is 1. The Kier molecular flexibility index (Phi) is 9.10. The number of carbonyl (C=O) groups is 2. The molecule has 9 nitrogen and oxygen atoms in total. The summed E-state index contributed by atoms with van der Waals surface area (Å²) in [5.41, 5.74) is 1.34. The molecule has 0 bridgehead atoms. The van der Waals surface area contributed by atoms with Gasteiger partial charge >= 0.3 is 0 Å². The molecule has 1 atom stereocenters. The predicted molar refractivity (Wildman–Crippen MR) is 157 cm³/mol. The van der Waals surface area contributed by atoms with Crippen molar-refractivity contribution in [2.45, 2.75) is 57.6 Å². The maximum Gasteiger partial charge on any atom is 0.264 e. The molecule has 11 heteroatoms. The van der Waals surface area contributed by atoms with E-state index < -0.39 is 39.9 Å². The number of aryl methyl sites for hydroxylation is 1. The van der Waals surface area contributed by atoms with Crippen LogP contribution in [0.5, 0.6) is 11.5 Å². The third-order valence-electron chi connectivity index (χ3n) is 6.63. The molecular weight excluding hydrogens is 561 g/mol. The average Bonchev–Trinajstić information content (AvgIpc) is 2.94. The summed E-state index contributed by atoms with van der Waals surface area (Å²) >= 11 is 0. The largest absolute Gasteiger partial charge is 0.486 e. The van der Waals surface area contributed by atoms with Crippen LogP contribution in [-0.2, 0) is 26.2 Å². The lowest BCUT2D eigenvalue weighted by molar-refractivity contribution is -0.140. The Morgan fingerprint density at radius 3 is 2.19 bits per heavy atom. The number of nitrogens with one attached hydrogen (secondary N) is 1. The lowest BCUT2D eigenvalue weighted by Gasteiger charge is -2.33. The van der Waals surface area contributed by atoms with E-state index in [2.05, 4.69) is 5.32 Å². The van der Waals surface area contributed by atoms with Crippen LogP contribution in [0, 0.1) is 12.7 Å². The lowest BCUT2D eigenvalue weighted by atomic mass is 10.1. The molecule has 0 aromatic heterocycles. The van der Waals surface area contributed by atoms with Gasteiger partial charge in [-0.25, -0.2) is 12.8 Å². The monoisotopic (exact) mass is 597 g/mol. The predicted octanol–water partition coefficient (Wildman–Crippen LogP) is 4.43. The summed E-state index contributed by atoms with van der Waals surface area (Å²) in [6, 6.07) is 15.6. The van der Waals surface area contributed by atoms with E-state index in [4.69, 9.17) is 9.47 Å². The summed E-state index contributed by atoms with van der Waals surface area (Å²) in [6.45, 7) is 9.08. The number of rotatable bonds is 9. The summed E-state index contributed by atoms with van der Waals surface area (Å²) in [4.78, 5) is 28.4. The molecule has 3 aromatic carbocycles. The van der Waals surface area contributed by atoms with Gasteiger partial charge in [-0.2, -0.15) is 0 Å². The number of fused-ring (bicyclic) bond motifs is 1. The zero-order valence-electron chi connectivity index (χ0n) is 24.4. The molecule has 0 fully saturated rings. The van der Waals surface area contributed by atoms with Crippen molar-refractivity contribution in [2.24, 2.45) is 0 Å². The van der Waals surface area contributed by atoms with Crippen LogP contribution in [0.25, 0.3) is 0 Å². The standard InChI is InChI=1S/C31H36FN3O6S/c1-21-6-8-23(9-7-21)19-34(22(2)30(37)33-31(3,4)5)29(36)20-35(25-12-10-24(32)11-13-25)42(38,39)26-14-15-27-28(18-26)41-17-16-40-27/h6-15,18,22H,16-17,19-20H2,1-5H3,(H,33,37)/t22-/m0/s1. The molecule has 1 heterocycles. The first kappa shape index (κ1) is 30.8. The van der Waals surface area contributed by atoms with Crippen LogP contribution in [0.4, 0.5) is 10.1 Å². The highest BCUT2D eigenvalue weighted by atomic mass is 32.2. The number of halogens is 1. The second-order valence-electron chi connectivity index (χ2n) is 11.2. The number of carbonyl (C=O) groups excluding carboxylic acids is 2. The SMILES string of the molecule is Cc1ccc(CN(C(=O)CN(c2ccc(F)cc2)S(=O)(=O)c2ccc3c(c2)OCCO3)[C@@H](C)C(=O)NC(C)(C)C)cc1. The first-order valence-corrected chi connectivity index (χ1v) is 15.0. The first-order valence-electron chi connectivity index (χ1n) is 13.6. The smallest absolute Gasteiger partial charge is 0.264 e. The van der Waals surface area contributed by atoms with Crippen LogP contribution >= 0.6 is 0 Å². The van der Waals surface area contributed by atoms with Gasteiger partial charge in [-0.1, -0.05) is 29.8 Å². The van der Waals surface area contributed by atoms with E-state index in [-0.39, 0.29) is 35.4 Å². The van der Waals surface area contributed by atoms with Gasteiger partial charge < -0.3 is 19.7 Å². The fourth-order valence-corrected chi connectivity index (χ4v) is 5.82. The number of nitrogens with zero attached hydrogens (tertiary/aromatic N) is 2. The van der Waals surface area contributed by atoms with Crippen LogP contribution in [0.3, 0.4) is 0 Å². The highest BCUT2D eigenvalue weighted by Crippen LogP contribution is 2.34. The van der Waals surface area contributed by atoms with Gasteiger partial charge in [0.25, 0.3) is 10.0 Å². The van der Waals surface area contributed by atoms with Gasteiger partial charge in [-0.3, -0.25) is 13.9 Å². The van der Waals surface area contributed by atoms with Gasteiger partial charge in [0, 0.05) is 18.2 Å². The van der Waals surface area contributed by atoms with Crippen molar-refractivity contribution in [3.63, 3.8) is 0 Å². The van der Waals surface area contributed by atoms with E-state index in [1.165, 1.54) is 35.2 Å². The number of ether oxygens (including phenoxy) is 2. The van der Waals surface area contributed by atoms with Gasteiger partial charge in [-0.15, -0.1) is 0 Å². The Hall–Kier alpha value is -4.12. The zero-order valence-corrected chi connectivity index (χ0v) is 25.2. The highest BCUT2D eigenvalue weighted by Gasteiger charge is 2.34. The zero-order chi connectivity index (χ0) is 30.7. The van der Waals surface area contributed by atoms with Gasteiger partial charge in [0.2, 0.25) is 11.8 Å². The molecule has 0 saturated carbocycles. The van der Waals surface area contributed by atoms with Gasteiger partial charge in [0.15, 0.2) is 11.5 Å². The molecule has 0 saturated heterocycles. The Morgan fingerprint density at radius 2 is 1.57 bits per heavy atom. The van der Waals surface area contributed by atoms with Crippen LogP contribution in [-0.4, -0.2) is 56.5 Å². The summed E-state index contributed by atoms with van der Waals surface area (Å²) in [6.07, 6.45) is 0. The number of amides is 2. The number of hydrogen-bond donors (Lipinski definition) is 1. The fraction of sp³-hybridized carbons (Fsp3) is 0.355. The second-order valence-corrected chi connectivity index (χ2v) is 13.1. The average molecular weight is 598 g/mol. The van der Waals surface area contributed by atoms with Crippen LogP contribution in [0.15, 0.2) is 71.6 Å². The number of benzene rings is 3. The Morgan fingerprint density at radius 1 is 0.952 bits per heavy atom. The van der Waals surface area contributed by atoms with Crippen molar-refractivity contribution in [1.29, 1.82) is 0 Å². The van der Waals surface area contributed by atoms with Gasteiger partial charge in [0.1, 0.15) is 31.6 Å². The Labute approximate surface area is 246 Å². The molecule has 1 aliphatic rings. The molecule has 2 amide bonds. The molecule has 0 unspecified atom stereocenters. The maximum atomic E-state index is 14.0. The normalized spacial score (nSPS) is 13.7. The van der Waals surface area contributed by atoms with E-state index in [9.17, 15) is 22.4 Å². The summed E-state index contributed by atoms with van der Waals surface area (Å²) < 4.78 is 53.9. The minimum absolute atomic E-state index is 0.0686. The molecule has 1 aliphatic heterocycles. The minimum atomic E-state index is -4.35. The second kappa shape index (κ2) is 12.4. The Bertz CT molecular complexity index is 1540. The van der Waals surface area contributed by atoms with E-state index in [1.54, 1.807) is 6.92 Å². The molecule has 1 N–H and O–H groups in total.